The van der Waals surface area contributed by atoms with Gasteiger partial charge in [0.25, 0.3) is 0 Å². The van der Waals surface area contributed by atoms with E-state index in [1.54, 1.807) is 0 Å². The van der Waals surface area contributed by atoms with Gasteiger partial charge in [0, 0.05) is 10.0 Å². The topological polar surface area (TPSA) is 17.1 Å². The molecule has 0 unspecified atom stereocenters. The Morgan fingerprint density at radius 1 is 0.586 bits per heavy atom. The van der Waals surface area contributed by atoms with Gasteiger partial charge in [0.2, 0.25) is 0 Å². The van der Waals surface area contributed by atoms with E-state index in [-0.39, 0.29) is 5.78 Å². The van der Waals surface area contributed by atoms with E-state index in [0.717, 1.165) is 4.47 Å². The summed E-state index contributed by atoms with van der Waals surface area (Å²) in [7, 11) is 0. The Morgan fingerprint density at radius 3 is 1.34 bits per heavy atom. The minimum absolute atomic E-state index is 0.0439. The van der Waals surface area contributed by atoms with Gasteiger partial charge in [-0.2, -0.15) is 0 Å². The lowest BCUT2D eigenvalue weighted by molar-refractivity contribution is 0.107. The van der Waals surface area contributed by atoms with Gasteiger partial charge < -0.3 is 0 Å². The van der Waals surface area contributed by atoms with Crippen LogP contribution in [0.15, 0.2) is 120 Å². The van der Waals surface area contributed by atoms with Crippen LogP contribution in [-0.2, 0) is 0 Å². The van der Waals surface area contributed by atoms with Crippen LogP contribution >= 0.6 is 22.8 Å². The number of benzene rings is 4. The molecule has 4 rings (SSSR count). The second kappa shape index (κ2) is 8.78. The molecule has 0 aliphatic carbocycles. The predicted molar refractivity (Wildman–Crippen MR) is 130 cm³/mol. The number of hydrogen-bond acceptors (Lipinski definition) is 1. The van der Waals surface area contributed by atoms with Gasteiger partial charge >= 0.3 is 0 Å². The van der Waals surface area contributed by atoms with Crippen molar-refractivity contribution in [2.75, 3.05) is 0 Å². The van der Waals surface area contributed by atoms with Crippen LogP contribution < -0.4 is 15.9 Å². The molecule has 1 nitrogen and oxygen atoms in total. The molecule has 0 atom stereocenters. The van der Waals surface area contributed by atoms with E-state index in [2.05, 4.69) is 52.3 Å². The first-order valence-electron chi connectivity index (χ1n) is 9.41. The standard InChI is InChI=1S/C26H20BrOP/c27-22-18-16-21(17-19-22)26(28)20-29(23-10-4-1-5-11-23,24-12-6-2-7-13-24)25-14-8-3-9-15-25/h1-20H. The molecule has 0 amide bonds. The van der Waals surface area contributed by atoms with Crippen LogP contribution in [0.2, 0.25) is 0 Å². The normalized spacial score (nSPS) is 11.1. The van der Waals surface area contributed by atoms with Gasteiger partial charge in [-0.15, -0.1) is 0 Å². The summed E-state index contributed by atoms with van der Waals surface area (Å²) in [5.41, 5.74) is 0.695. The zero-order valence-electron chi connectivity index (χ0n) is 15.8. The van der Waals surface area contributed by atoms with Gasteiger partial charge in [-0.1, -0.05) is 107 Å². The zero-order valence-corrected chi connectivity index (χ0v) is 18.3. The van der Waals surface area contributed by atoms with E-state index in [9.17, 15) is 4.79 Å². The molecule has 0 aliphatic heterocycles. The molecule has 0 heterocycles. The Hall–Kier alpha value is -2.67. The molecule has 0 spiro atoms. The number of carbonyl (C=O) groups excluding carboxylic acids is 1. The lowest BCUT2D eigenvalue weighted by atomic mass is 10.2. The summed E-state index contributed by atoms with van der Waals surface area (Å²) in [5, 5.41) is 3.51. The average Bonchev–Trinajstić information content (AvgIpc) is 2.79. The van der Waals surface area contributed by atoms with Crippen molar-refractivity contribution in [2.45, 2.75) is 0 Å². The molecule has 0 saturated heterocycles. The summed E-state index contributed by atoms with van der Waals surface area (Å²) >= 11 is 3.45. The van der Waals surface area contributed by atoms with Crippen molar-refractivity contribution in [2.24, 2.45) is 0 Å². The van der Waals surface area contributed by atoms with Gasteiger partial charge in [0.05, 0.1) is 0 Å². The molecule has 4 aromatic rings. The second-order valence-corrected chi connectivity index (χ2v) is 10.9. The number of carbonyl (C=O) groups is 1. The van der Waals surface area contributed by atoms with E-state index in [1.165, 1.54) is 15.9 Å². The van der Waals surface area contributed by atoms with Crippen molar-refractivity contribution in [3.05, 3.63) is 125 Å². The highest BCUT2D eigenvalue weighted by Gasteiger charge is 2.26. The highest BCUT2D eigenvalue weighted by Crippen LogP contribution is 2.43. The molecule has 0 bridgehead atoms. The smallest absolute Gasteiger partial charge is 0.186 e. The van der Waals surface area contributed by atoms with Crippen molar-refractivity contribution in [1.29, 1.82) is 0 Å². The van der Waals surface area contributed by atoms with Gasteiger partial charge in [0.1, 0.15) is 0 Å². The van der Waals surface area contributed by atoms with E-state index in [1.807, 2.05) is 84.7 Å². The predicted octanol–water partition coefficient (Wildman–Crippen LogP) is 5.43. The lowest BCUT2D eigenvalue weighted by Crippen LogP contribution is -2.28. The Labute approximate surface area is 180 Å². The third-order valence-corrected chi connectivity index (χ3v) is 9.42. The minimum atomic E-state index is -2.27. The van der Waals surface area contributed by atoms with Crippen LogP contribution in [0.3, 0.4) is 0 Å². The molecule has 0 aliphatic rings. The number of ketones is 1. The van der Waals surface area contributed by atoms with Crippen molar-refractivity contribution in [3.8, 4) is 0 Å². The Bertz CT molecular complexity index is 1050. The van der Waals surface area contributed by atoms with Crippen LogP contribution in [0.5, 0.6) is 0 Å². The third kappa shape index (κ3) is 4.05. The van der Waals surface area contributed by atoms with E-state index in [4.69, 9.17) is 0 Å². The van der Waals surface area contributed by atoms with Crippen LogP contribution in [0.1, 0.15) is 10.4 Å². The summed E-state index contributed by atoms with van der Waals surface area (Å²) in [4.78, 5) is 13.4. The molecule has 0 N–H and O–H groups in total. The van der Waals surface area contributed by atoms with Gasteiger partial charge in [-0.25, -0.2) is 0 Å². The zero-order chi connectivity index (χ0) is 20.1. The van der Waals surface area contributed by atoms with Crippen molar-refractivity contribution >= 4 is 50.3 Å². The van der Waals surface area contributed by atoms with Gasteiger partial charge in [-0.3, -0.25) is 4.79 Å². The number of halogens is 1. The highest BCUT2D eigenvalue weighted by atomic mass is 79.9. The molecule has 3 heteroatoms. The number of Topliss-reactive ketones (excluding diaryl/α,β-unsaturated/α-hetero) is 1. The number of hydrogen-bond donors (Lipinski definition) is 0. The number of rotatable bonds is 5. The summed E-state index contributed by atoms with van der Waals surface area (Å²) in [6.07, 6.45) is 0. The largest absolute Gasteiger partial charge is 0.289 e. The Morgan fingerprint density at radius 2 is 0.966 bits per heavy atom. The summed E-state index contributed by atoms with van der Waals surface area (Å²) in [5.74, 6) is 2.01. The van der Waals surface area contributed by atoms with E-state index >= 15 is 0 Å². The summed E-state index contributed by atoms with van der Waals surface area (Å²) < 4.78 is 0.962. The Kier molecular flexibility index (Phi) is 5.94. The first kappa shape index (κ1) is 19.6. The maximum Gasteiger partial charge on any atom is 0.186 e. The second-order valence-electron chi connectivity index (χ2n) is 6.73. The van der Waals surface area contributed by atoms with Crippen LogP contribution in [-0.4, -0.2) is 11.6 Å². The fourth-order valence-electron chi connectivity index (χ4n) is 3.52. The average molecular weight is 459 g/mol. The summed E-state index contributed by atoms with van der Waals surface area (Å²) in [6.45, 7) is -2.27. The highest BCUT2D eigenvalue weighted by molar-refractivity contribution is 9.10. The lowest BCUT2D eigenvalue weighted by Gasteiger charge is -2.28. The summed E-state index contributed by atoms with van der Waals surface area (Å²) in [6, 6.07) is 38.8. The van der Waals surface area contributed by atoms with E-state index < -0.39 is 6.89 Å². The molecular formula is C26H20BrOP. The molecule has 0 saturated carbocycles. The SMILES string of the molecule is O=C(C=P(c1ccccc1)(c1ccccc1)c1ccccc1)c1ccc(Br)cc1. The molecule has 142 valence electrons. The van der Waals surface area contributed by atoms with Crippen molar-refractivity contribution < 1.29 is 4.79 Å². The van der Waals surface area contributed by atoms with Gasteiger partial charge in [-0.05, 0) is 52.9 Å². The van der Waals surface area contributed by atoms with Crippen molar-refractivity contribution in [1.82, 2.24) is 0 Å². The van der Waals surface area contributed by atoms with Crippen LogP contribution in [0, 0.1) is 0 Å². The first-order valence-corrected chi connectivity index (χ1v) is 12.1. The maximum absolute atomic E-state index is 13.4. The third-order valence-electron chi connectivity index (χ3n) is 4.93. The first-order chi connectivity index (χ1) is 14.2. The molecule has 0 aromatic heterocycles. The van der Waals surface area contributed by atoms with Crippen LogP contribution in [0.4, 0.5) is 0 Å². The van der Waals surface area contributed by atoms with Gasteiger partial charge in [0.15, 0.2) is 5.78 Å². The van der Waals surface area contributed by atoms with Crippen LogP contribution in [0.25, 0.3) is 0 Å². The molecular weight excluding hydrogens is 439 g/mol. The maximum atomic E-state index is 13.4. The van der Waals surface area contributed by atoms with Crippen molar-refractivity contribution in [3.63, 3.8) is 0 Å². The monoisotopic (exact) mass is 458 g/mol. The minimum Gasteiger partial charge on any atom is -0.289 e. The molecule has 4 aromatic carbocycles. The quantitative estimate of drug-likeness (QED) is 0.288. The molecule has 29 heavy (non-hydrogen) atoms. The Balaban J connectivity index is 2.05. The molecule has 0 radical (unpaired) electrons. The fraction of sp³-hybridized carbons (Fsp3) is 0. The fourth-order valence-corrected chi connectivity index (χ4v) is 7.56. The van der Waals surface area contributed by atoms with E-state index in [0.29, 0.717) is 5.56 Å². The molecule has 0 fully saturated rings.